The molecule has 2 rings (SSSR count). The molecule has 0 saturated heterocycles. The molecule has 0 unspecified atom stereocenters. The molecule has 0 radical (unpaired) electrons. The molecule has 186 valence electrons. The number of hydrogen-bond acceptors (Lipinski definition) is 6. The molecule has 0 aliphatic heterocycles. The fourth-order valence-corrected chi connectivity index (χ4v) is 3.31. The molecule has 2 aromatic rings. The molecule has 0 fully saturated rings. The Labute approximate surface area is 202 Å². The van der Waals surface area contributed by atoms with Crippen molar-refractivity contribution in [1.29, 1.82) is 0 Å². The highest BCUT2D eigenvalue weighted by Crippen LogP contribution is 2.30. The van der Waals surface area contributed by atoms with Crippen molar-refractivity contribution in [3.63, 3.8) is 0 Å². The fraction of sp³-hybridized carbons (Fsp3) is 0.462. The predicted molar refractivity (Wildman–Crippen MR) is 131 cm³/mol. The zero-order valence-electron chi connectivity index (χ0n) is 21.1. The molecule has 0 atom stereocenters. The van der Waals surface area contributed by atoms with Crippen LogP contribution in [0.5, 0.6) is 23.0 Å². The molecule has 34 heavy (non-hydrogen) atoms. The van der Waals surface area contributed by atoms with Gasteiger partial charge in [-0.3, -0.25) is 9.59 Å². The van der Waals surface area contributed by atoms with Crippen LogP contribution in [0.2, 0.25) is 0 Å². The zero-order valence-corrected chi connectivity index (χ0v) is 21.1. The van der Waals surface area contributed by atoms with Crippen molar-refractivity contribution in [2.45, 2.75) is 27.7 Å². The lowest BCUT2D eigenvalue weighted by Crippen LogP contribution is -2.37. The summed E-state index contributed by atoms with van der Waals surface area (Å²) in [6.07, 6.45) is 0. The Morgan fingerprint density at radius 2 is 0.912 bits per heavy atom. The van der Waals surface area contributed by atoms with Crippen molar-refractivity contribution in [1.82, 2.24) is 9.80 Å². The van der Waals surface area contributed by atoms with Crippen LogP contribution in [-0.2, 0) is 0 Å². The maximum atomic E-state index is 12.9. The highest BCUT2D eigenvalue weighted by molar-refractivity contribution is 5.96. The Morgan fingerprint density at radius 1 is 0.588 bits per heavy atom. The second-order valence-electron chi connectivity index (χ2n) is 7.51. The number of rotatable bonds is 13. The number of ether oxygens (including phenoxy) is 4. The normalized spacial score (nSPS) is 10.4. The van der Waals surface area contributed by atoms with Crippen LogP contribution in [0, 0.1) is 0 Å². The van der Waals surface area contributed by atoms with Crippen molar-refractivity contribution < 1.29 is 28.5 Å². The third-order valence-electron chi connectivity index (χ3n) is 5.04. The summed E-state index contributed by atoms with van der Waals surface area (Å²) in [6, 6.07) is 10.3. The van der Waals surface area contributed by atoms with Crippen LogP contribution in [-0.4, -0.2) is 75.2 Å². The van der Waals surface area contributed by atoms with Crippen LogP contribution in [0.15, 0.2) is 36.4 Å². The number of likely N-dealkylation sites (N-methyl/N-ethyl adjacent to an activating group) is 2. The van der Waals surface area contributed by atoms with Gasteiger partial charge in [0.1, 0.15) is 0 Å². The van der Waals surface area contributed by atoms with E-state index in [4.69, 9.17) is 18.9 Å². The minimum Gasteiger partial charge on any atom is -0.490 e. The van der Waals surface area contributed by atoms with Crippen molar-refractivity contribution in [3.05, 3.63) is 47.5 Å². The molecule has 0 aromatic heterocycles. The summed E-state index contributed by atoms with van der Waals surface area (Å²) in [6.45, 7) is 10.2. The summed E-state index contributed by atoms with van der Waals surface area (Å²) < 4.78 is 22.4. The van der Waals surface area contributed by atoms with Gasteiger partial charge in [0.15, 0.2) is 23.0 Å². The van der Waals surface area contributed by atoms with Gasteiger partial charge >= 0.3 is 0 Å². The SMILES string of the molecule is CCOc1ccc(C(=O)N(C)CCN(C)C(=O)c2ccc(OCC)c(OCC)c2)cc1OCC. The third-order valence-corrected chi connectivity index (χ3v) is 5.04. The maximum Gasteiger partial charge on any atom is 0.253 e. The number of carbonyl (C=O) groups excluding carboxylic acids is 2. The smallest absolute Gasteiger partial charge is 0.253 e. The second kappa shape index (κ2) is 13.3. The summed E-state index contributed by atoms with van der Waals surface area (Å²) in [4.78, 5) is 29.0. The Morgan fingerprint density at radius 3 is 1.24 bits per heavy atom. The summed E-state index contributed by atoms with van der Waals surface area (Å²) in [5, 5.41) is 0. The number of carbonyl (C=O) groups is 2. The lowest BCUT2D eigenvalue weighted by Gasteiger charge is -2.23. The molecule has 8 nitrogen and oxygen atoms in total. The van der Waals surface area contributed by atoms with Crippen LogP contribution >= 0.6 is 0 Å². The molecule has 0 aliphatic rings. The first kappa shape index (κ1) is 26.8. The van der Waals surface area contributed by atoms with E-state index in [1.165, 1.54) is 0 Å². The summed E-state index contributed by atoms with van der Waals surface area (Å²) in [7, 11) is 3.42. The molecule has 2 aromatic carbocycles. The van der Waals surface area contributed by atoms with Gasteiger partial charge in [0, 0.05) is 38.3 Å². The Hall–Kier alpha value is -3.42. The molecular weight excluding hydrogens is 436 g/mol. The first-order valence-corrected chi connectivity index (χ1v) is 11.7. The highest BCUT2D eigenvalue weighted by atomic mass is 16.5. The number of amides is 2. The van der Waals surface area contributed by atoms with Gasteiger partial charge in [-0.15, -0.1) is 0 Å². The van der Waals surface area contributed by atoms with E-state index in [1.807, 2.05) is 27.7 Å². The number of nitrogens with zero attached hydrogens (tertiary/aromatic N) is 2. The van der Waals surface area contributed by atoms with Crippen molar-refractivity contribution in [2.75, 3.05) is 53.6 Å². The minimum absolute atomic E-state index is 0.162. The summed E-state index contributed by atoms with van der Waals surface area (Å²) in [5.41, 5.74) is 0.993. The van der Waals surface area contributed by atoms with Gasteiger partial charge in [-0.2, -0.15) is 0 Å². The van der Waals surface area contributed by atoms with E-state index >= 15 is 0 Å². The molecule has 0 aliphatic carbocycles. The Kier molecular flexibility index (Phi) is 10.5. The van der Waals surface area contributed by atoms with E-state index in [0.717, 1.165) is 0 Å². The zero-order chi connectivity index (χ0) is 25.1. The first-order valence-electron chi connectivity index (χ1n) is 11.7. The molecule has 0 spiro atoms. The minimum atomic E-state index is -0.162. The topological polar surface area (TPSA) is 77.5 Å². The average Bonchev–Trinajstić information content (AvgIpc) is 2.84. The van der Waals surface area contributed by atoms with Gasteiger partial charge in [-0.05, 0) is 64.1 Å². The van der Waals surface area contributed by atoms with Crippen molar-refractivity contribution in [2.24, 2.45) is 0 Å². The monoisotopic (exact) mass is 472 g/mol. The third kappa shape index (κ3) is 7.04. The molecular formula is C26H36N2O6. The van der Waals surface area contributed by atoms with E-state index in [-0.39, 0.29) is 11.8 Å². The van der Waals surface area contributed by atoms with E-state index in [0.29, 0.717) is 73.6 Å². The largest absolute Gasteiger partial charge is 0.490 e. The number of hydrogen-bond donors (Lipinski definition) is 0. The van der Waals surface area contributed by atoms with Gasteiger partial charge in [0.2, 0.25) is 0 Å². The predicted octanol–water partition coefficient (Wildman–Crippen LogP) is 4.13. The van der Waals surface area contributed by atoms with Gasteiger partial charge in [-0.25, -0.2) is 0 Å². The molecule has 0 heterocycles. The van der Waals surface area contributed by atoms with Crippen molar-refractivity contribution >= 4 is 11.8 Å². The fourth-order valence-electron chi connectivity index (χ4n) is 3.31. The molecule has 8 heteroatoms. The van der Waals surface area contributed by atoms with Crippen LogP contribution in [0.3, 0.4) is 0 Å². The quantitative estimate of drug-likeness (QED) is 0.436. The van der Waals surface area contributed by atoms with E-state index in [1.54, 1.807) is 60.3 Å². The van der Waals surface area contributed by atoms with E-state index < -0.39 is 0 Å². The number of benzene rings is 2. The summed E-state index contributed by atoms with van der Waals surface area (Å²) in [5.74, 6) is 1.97. The molecule has 2 amide bonds. The standard InChI is InChI=1S/C26H36N2O6/c1-7-31-21-13-11-19(17-23(21)33-9-3)25(29)27(5)15-16-28(6)26(30)20-12-14-22(32-8-2)24(18-20)34-10-4/h11-14,17-18H,7-10,15-16H2,1-6H3. The van der Waals surface area contributed by atoms with Gasteiger partial charge in [0.25, 0.3) is 11.8 Å². The molecule has 0 bridgehead atoms. The van der Waals surface area contributed by atoms with Gasteiger partial charge in [0.05, 0.1) is 26.4 Å². The van der Waals surface area contributed by atoms with Crippen LogP contribution < -0.4 is 18.9 Å². The Bertz CT molecular complexity index is 885. The average molecular weight is 473 g/mol. The molecule has 0 saturated carbocycles. The first-order chi connectivity index (χ1) is 16.4. The van der Waals surface area contributed by atoms with Crippen LogP contribution in [0.1, 0.15) is 48.4 Å². The van der Waals surface area contributed by atoms with Crippen LogP contribution in [0.4, 0.5) is 0 Å². The van der Waals surface area contributed by atoms with Gasteiger partial charge < -0.3 is 28.7 Å². The lowest BCUT2D eigenvalue weighted by atomic mass is 10.1. The van der Waals surface area contributed by atoms with Crippen LogP contribution in [0.25, 0.3) is 0 Å². The van der Waals surface area contributed by atoms with Crippen molar-refractivity contribution in [3.8, 4) is 23.0 Å². The van der Waals surface area contributed by atoms with Gasteiger partial charge in [-0.1, -0.05) is 0 Å². The lowest BCUT2D eigenvalue weighted by molar-refractivity contribution is 0.0718. The van der Waals surface area contributed by atoms with E-state index in [2.05, 4.69) is 0 Å². The van der Waals surface area contributed by atoms with E-state index in [9.17, 15) is 9.59 Å². The summed E-state index contributed by atoms with van der Waals surface area (Å²) >= 11 is 0. The highest BCUT2D eigenvalue weighted by Gasteiger charge is 2.19. The molecule has 0 N–H and O–H groups in total. The second-order valence-corrected chi connectivity index (χ2v) is 7.51. The Balaban J connectivity index is 2.04. The maximum absolute atomic E-state index is 12.9.